The Labute approximate surface area is 119 Å². The Hall–Kier alpha value is -0.960. The molecule has 1 aliphatic heterocycles. The number of esters is 1. The highest BCUT2D eigenvalue weighted by molar-refractivity contribution is 7.85. The molecule has 0 radical (unpaired) electrons. The summed E-state index contributed by atoms with van der Waals surface area (Å²) in [6.07, 6.45) is 2.45. The fourth-order valence-electron chi connectivity index (χ4n) is 1.71. The highest BCUT2D eigenvalue weighted by Gasteiger charge is 2.40. The second kappa shape index (κ2) is 6.66. The van der Waals surface area contributed by atoms with Crippen molar-refractivity contribution in [3.63, 3.8) is 0 Å². The van der Waals surface area contributed by atoms with Crippen LogP contribution in [-0.2, 0) is 33.3 Å². The number of hydrogen-bond donors (Lipinski definition) is 0. The third kappa shape index (κ3) is 6.00. The van der Waals surface area contributed by atoms with Crippen molar-refractivity contribution in [3.8, 4) is 0 Å². The van der Waals surface area contributed by atoms with E-state index in [1.807, 2.05) is 0 Å². The van der Waals surface area contributed by atoms with E-state index in [9.17, 15) is 13.2 Å². The van der Waals surface area contributed by atoms with E-state index in [2.05, 4.69) is 0 Å². The molecular formula is C12H20O7S. The van der Waals surface area contributed by atoms with Crippen LogP contribution in [-0.4, -0.2) is 51.9 Å². The van der Waals surface area contributed by atoms with Gasteiger partial charge in [0.25, 0.3) is 10.1 Å². The molecule has 20 heavy (non-hydrogen) atoms. The third-order valence-corrected chi connectivity index (χ3v) is 2.94. The van der Waals surface area contributed by atoms with E-state index in [-0.39, 0.29) is 13.2 Å². The van der Waals surface area contributed by atoms with Crippen molar-refractivity contribution in [1.82, 2.24) is 0 Å². The van der Waals surface area contributed by atoms with Crippen molar-refractivity contribution < 1.29 is 31.6 Å². The van der Waals surface area contributed by atoms with Gasteiger partial charge in [0.15, 0.2) is 5.79 Å². The van der Waals surface area contributed by atoms with Crippen LogP contribution in [0, 0.1) is 0 Å². The van der Waals surface area contributed by atoms with Crippen molar-refractivity contribution >= 4 is 16.1 Å². The summed E-state index contributed by atoms with van der Waals surface area (Å²) in [5, 5.41) is 0. The number of ether oxygens (including phenoxy) is 3. The van der Waals surface area contributed by atoms with E-state index in [4.69, 9.17) is 18.4 Å². The lowest BCUT2D eigenvalue weighted by Crippen LogP contribution is -2.28. The molecule has 0 saturated carbocycles. The summed E-state index contributed by atoms with van der Waals surface area (Å²) in [6.45, 7) is 5.18. The third-order valence-electron chi connectivity index (χ3n) is 2.38. The molecule has 1 heterocycles. The zero-order chi connectivity index (χ0) is 15.4. The van der Waals surface area contributed by atoms with Crippen LogP contribution in [0.3, 0.4) is 0 Å². The second-order valence-corrected chi connectivity index (χ2v) is 6.38. The standard InChI is InChI=1S/C12H20O7S/c1-5-16-11(13)7-6-9-10(8-17-20(4,14)15)19-12(2,3)18-9/h6-7,9-10H,5,8H2,1-4H3/b7-6+/t9-,10+/m1/s1. The number of rotatable bonds is 6. The summed E-state index contributed by atoms with van der Waals surface area (Å²) >= 11 is 0. The fourth-order valence-corrected chi connectivity index (χ4v) is 2.09. The van der Waals surface area contributed by atoms with Crippen LogP contribution >= 0.6 is 0 Å². The normalized spacial score (nSPS) is 26.0. The Morgan fingerprint density at radius 1 is 1.35 bits per heavy atom. The van der Waals surface area contributed by atoms with E-state index in [0.717, 1.165) is 6.26 Å². The monoisotopic (exact) mass is 308 g/mol. The molecule has 0 N–H and O–H groups in total. The summed E-state index contributed by atoms with van der Waals surface area (Å²) in [7, 11) is -3.56. The van der Waals surface area contributed by atoms with Gasteiger partial charge in [0.1, 0.15) is 12.2 Å². The van der Waals surface area contributed by atoms with Gasteiger partial charge in [0, 0.05) is 6.08 Å². The molecule has 8 heteroatoms. The van der Waals surface area contributed by atoms with Crippen LogP contribution in [0.1, 0.15) is 20.8 Å². The summed E-state index contributed by atoms with van der Waals surface area (Å²) in [6, 6.07) is 0. The lowest BCUT2D eigenvalue weighted by Gasteiger charge is -2.16. The van der Waals surface area contributed by atoms with Crippen LogP contribution in [0.5, 0.6) is 0 Å². The second-order valence-electron chi connectivity index (χ2n) is 4.74. The van der Waals surface area contributed by atoms with Gasteiger partial charge in [-0.25, -0.2) is 4.79 Å². The molecule has 7 nitrogen and oxygen atoms in total. The van der Waals surface area contributed by atoms with E-state index in [1.165, 1.54) is 12.2 Å². The van der Waals surface area contributed by atoms with Crippen molar-refractivity contribution in [2.45, 2.75) is 38.8 Å². The molecule has 0 aromatic rings. The molecule has 1 fully saturated rings. The van der Waals surface area contributed by atoms with Gasteiger partial charge in [-0.1, -0.05) is 0 Å². The van der Waals surface area contributed by atoms with Gasteiger partial charge in [0.05, 0.1) is 19.5 Å². The molecule has 0 spiro atoms. The molecule has 0 aromatic heterocycles. The van der Waals surface area contributed by atoms with Crippen LogP contribution in [0.25, 0.3) is 0 Å². The molecular weight excluding hydrogens is 288 g/mol. The molecule has 1 saturated heterocycles. The molecule has 0 bridgehead atoms. The van der Waals surface area contributed by atoms with Gasteiger partial charge in [-0.2, -0.15) is 8.42 Å². The van der Waals surface area contributed by atoms with Crippen molar-refractivity contribution in [1.29, 1.82) is 0 Å². The van der Waals surface area contributed by atoms with Crippen LogP contribution in [0.15, 0.2) is 12.2 Å². The Balaban J connectivity index is 2.67. The molecule has 0 aromatic carbocycles. The number of carbonyl (C=O) groups is 1. The Morgan fingerprint density at radius 2 is 2.00 bits per heavy atom. The molecule has 0 amide bonds. The summed E-state index contributed by atoms with van der Waals surface area (Å²) in [5.41, 5.74) is 0. The molecule has 0 unspecified atom stereocenters. The van der Waals surface area contributed by atoms with Gasteiger partial charge >= 0.3 is 5.97 Å². The largest absolute Gasteiger partial charge is 0.463 e. The van der Waals surface area contributed by atoms with Gasteiger partial charge < -0.3 is 14.2 Å². The minimum atomic E-state index is -3.56. The van der Waals surface area contributed by atoms with Gasteiger partial charge in [-0.05, 0) is 26.8 Å². The molecule has 116 valence electrons. The molecule has 0 aliphatic carbocycles. The lowest BCUT2D eigenvalue weighted by atomic mass is 10.2. The maximum Gasteiger partial charge on any atom is 0.330 e. The first-order chi connectivity index (χ1) is 9.13. The van der Waals surface area contributed by atoms with E-state index in [0.29, 0.717) is 0 Å². The molecule has 2 atom stereocenters. The van der Waals surface area contributed by atoms with E-state index < -0.39 is 34.1 Å². The molecule has 1 aliphatic rings. The first-order valence-corrected chi connectivity index (χ1v) is 7.99. The van der Waals surface area contributed by atoms with Gasteiger partial charge in [-0.3, -0.25) is 4.18 Å². The van der Waals surface area contributed by atoms with E-state index >= 15 is 0 Å². The highest BCUT2D eigenvalue weighted by atomic mass is 32.2. The Morgan fingerprint density at radius 3 is 2.55 bits per heavy atom. The lowest BCUT2D eigenvalue weighted by molar-refractivity contribution is -0.145. The Bertz CT molecular complexity index is 466. The minimum Gasteiger partial charge on any atom is -0.463 e. The SMILES string of the molecule is CCOC(=O)/C=C/[C@H]1OC(C)(C)O[C@H]1COS(C)(=O)=O. The highest BCUT2D eigenvalue weighted by Crippen LogP contribution is 2.29. The summed E-state index contributed by atoms with van der Waals surface area (Å²) < 4.78 is 42.6. The first kappa shape index (κ1) is 17.1. The summed E-state index contributed by atoms with van der Waals surface area (Å²) in [5.74, 6) is -1.38. The first-order valence-electron chi connectivity index (χ1n) is 6.18. The fraction of sp³-hybridized carbons (Fsp3) is 0.750. The summed E-state index contributed by atoms with van der Waals surface area (Å²) in [4.78, 5) is 11.3. The maximum atomic E-state index is 11.3. The topological polar surface area (TPSA) is 88.1 Å². The smallest absolute Gasteiger partial charge is 0.330 e. The van der Waals surface area contributed by atoms with Crippen molar-refractivity contribution in [2.24, 2.45) is 0 Å². The van der Waals surface area contributed by atoms with Crippen LogP contribution in [0.2, 0.25) is 0 Å². The minimum absolute atomic E-state index is 0.180. The number of hydrogen-bond acceptors (Lipinski definition) is 7. The zero-order valence-electron chi connectivity index (χ0n) is 12.0. The predicted octanol–water partition coefficient (Wildman–Crippen LogP) is 0.602. The Kier molecular flexibility index (Phi) is 5.69. The van der Waals surface area contributed by atoms with Gasteiger partial charge in [0.2, 0.25) is 0 Å². The predicted molar refractivity (Wildman–Crippen MR) is 70.4 cm³/mol. The average Bonchev–Trinajstić information content (AvgIpc) is 2.58. The van der Waals surface area contributed by atoms with Crippen LogP contribution < -0.4 is 0 Å². The zero-order valence-corrected chi connectivity index (χ0v) is 12.8. The van der Waals surface area contributed by atoms with Gasteiger partial charge in [-0.15, -0.1) is 0 Å². The number of carbonyl (C=O) groups excluding carboxylic acids is 1. The average molecular weight is 308 g/mol. The molecule has 1 rings (SSSR count). The van der Waals surface area contributed by atoms with Crippen LogP contribution in [0.4, 0.5) is 0 Å². The van der Waals surface area contributed by atoms with Crippen molar-refractivity contribution in [3.05, 3.63) is 12.2 Å². The maximum absolute atomic E-state index is 11.3. The quantitative estimate of drug-likeness (QED) is 0.403. The van der Waals surface area contributed by atoms with E-state index in [1.54, 1.807) is 20.8 Å². The van der Waals surface area contributed by atoms with Crippen molar-refractivity contribution in [2.75, 3.05) is 19.5 Å².